The van der Waals surface area contributed by atoms with Crippen LogP contribution in [0.3, 0.4) is 0 Å². The van der Waals surface area contributed by atoms with Gasteiger partial charge in [-0.25, -0.2) is 9.97 Å². The molecule has 0 saturated carbocycles. The van der Waals surface area contributed by atoms with Crippen molar-refractivity contribution in [1.29, 1.82) is 0 Å². The summed E-state index contributed by atoms with van der Waals surface area (Å²) in [5.41, 5.74) is 3.15. The Bertz CT molecular complexity index is 1220. The van der Waals surface area contributed by atoms with Crippen LogP contribution in [-0.2, 0) is 0 Å². The van der Waals surface area contributed by atoms with Crippen LogP contribution in [0.5, 0.6) is 0 Å². The quantitative estimate of drug-likeness (QED) is 0.379. The largest absolute Gasteiger partial charge is 0.233 e. The van der Waals surface area contributed by atoms with Gasteiger partial charge in [-0.15, -0.1) is 11.3 Å². The fraction of sp³-hybridized carbons (Fsp3) is 0.0476. The van der Waals surface area contributed by atoms with E-state index in [9.17, 15) is 0 Å². The maximum atomic E-state index is 4.74. The fourth-order valence-corrected chi connectivity index (χ4v) is 4.37. The third kappa shape index (κ3) is 2.02. The van der Waals surface area contributed by atoms with E-state index in [4.69, 9.17) is 4.98 Å². The maximum Gasteiger partial charge on any atom is 0.126 e. The molecule has 114 valence electrons. The lowest BCUT2D eigenvalue weighted by Crippen LogP contribution is -1.93. The Labute approximate surface area is 143 Å². The van der Waals surface area contributed by atoms with Gasteiger partial charge in [0.25, 0.3) is 0 Å². The normalized spacial score (nSPS) is 11.5. The summed E-state index contributed by atoms with van der Waals surface area (Å²) in [7, 11) is 0. The van der Waals surface area contributed by atoms with E-state index in [2.05, 4.69) is 53.5 Å². The molecule has 0 aliphatic carbocycles. The van der Waals surface area contributed by atoms with Gasteiger partial charge in [0, 0.05) is 31.1 Å². The van der Waals surface area contributed by atoms with Crippen molar-refractivity contribution in [3.05, 3.63) is 72.6 Å². The van der Waals surface area contributed by atoms with E-state index in [0.29, 0.717) is 0 Å². The average Bonchev–Trinajstić information content (AvgIpc) is 2.99. The van der Waals surface area contributed by atoms with Gasteiger partial charge >= 0.3 is 0 Å². The molecule has 0 amide bonds. The zero-order valence-corrected chi connectivity index (χ0v) is 14.0. The van der Waals surface area contributed by atoms with Crippen molar-refractivity contribution in [1.82, 2.24) is 9.97 Å². The van der Waals surface area contributed by atoms with Crippen molar-refractivity contribution in [2.45, 2.75) is 6.92 Å². The molecule has 5 rings (SSSR count). The van der Waals surface area contributed by atoms with Crippen molar-refractivity contribution in [2.75, 3.05) is 0 Å². The molecule has 0 saturated heterocycles. The Balaban J connectivity index is 1.85. The first-order valence-corrected chi connectivity index (χ1v) is 8.76. The smallest absolute Gasteiger partial charge is 0.126 e. The number of hydrogen-bond donors (Lipinski definition) is 0. The highest BCUT2D eigenvalue weighted by Crippen LogP contribution is 2.37. The average molecular weight is 326 g/mol. The lowest BCUT2D eigenvalue weighted by atomic mass is 10.0. The van der Waals surface area contributed by atoms with Gasteiger partial charge in [-0.05, 0) is 31.2 Å². The van der Waals surface area contributed by atoms with Crippen LogP contribution in [0.1, 0.15) is 5.82 Å². The molecular weight excluding hydrogens is 312 g/mol. The minimum Gasteiger partial charge on any atom is -0.233 e. The molecule has 3 aromatic carbocycles. The number of fused-ring (bicyclic) bond motifs is 4. The Kier molecular flexibility index (Phi) is 2.91. The predicted molar refractivity (Wildman–Crippen MR) is 103 cm³/mol. The third-order valence-electron chi connectivity index (χ3n) is 4.37. The maximum absolute atomic E-state index is 4.74. The number of hydrogen-bond acceptors (Lipinski definition) is 3. The molecule has 3 heteroatoms. The van der Waals surface area contributed by atoms with Crippen molar-refractivity contribution >= 4 is 42.4 Å². The summed E-state index contributed by atoms with van der Waals surface area (Å²) in [5.74, 6) is 0.805. The monoisotopic (exact) mass is 326 g/mol. The summed E-state index contributed by atoms with van der Waals surface area (Å²) in [6, 6.07) is 23.4. The van der Waals surface area contributed by atoms with E-state index in [1.807, 2.05) is 36.5 Å². The van der Waals surface area contributed by atoms with E-state index in [-0.39, 0.29) is 0 Å². The van der Waals surface area contributed by atoms with E-state index in [1.54, 1.807) is 0 Å². The highest BCUT2D eigenvalue weighted by Gasteiger charge is 2.11. The van der Waals surface area contributed by atoms with Crippen LogP contribution in [0.4, 0.5) is 0 Å². The highest BCUT2D eigenvalue weighted by molar-refractivity contribution is 7.25. The topological polar surface area (TPSA) is 25.8 Å². The number of aromatic nitrogens is 2. The van der Waals surface area contributed by atoms with Gasteiger partial charge in [0.2, 0.25) is 0 Å². The van der Waals surface area contributed by atoms with E-state index >= 15 is 0 Å². The molecule has 0 unspecified atom stereocenters. The van der Waals surface area contributed by atoms with Crippen molar-refractivity contribution < 1.29 is 0 Å². The lowest BCUT2D eigenvalue weighted by molar-refractivity contribution is 1.10. The third-order valence-corrected chi connectivity index (χ3v) is 5.52. The molecular formula is C21H14N2S. The van der Waals surface area contributed by atoms with E-state index in [0.717, 1.165) is 28.0 Å². The van der Waals surface area contributed by atoms with Crippen molar-refractivity contribution in [3.8, 4) is 11.3 Å². The van der Waals surface area contributed by atoms with Crippen molar-refractivity contribution in [3.63, 3.8) is 0 Å². The van der Waals surface area contributed by atoms with Crippen molar-refractivity contribution in [2.24, 2.45) is 0 Å². The lowest BCUT2D eigenvalue weighted by Gasteiger charge is -2.07. The predicted octanol–water partition coefficient (Wildman–Crippen LogP) is 5.97. The van der Waals surface area contributed by atoms with Crippen LogP contribution in [0.15, 0.2) is 66.7 Å². The molecule has 2 nitrogen and oxygen atoms in total. The molecule has 24 heavy (non-hydrogen) atoms. The molecule has 2 heterocycles. The summed E-state index contributed by atoms with van der Waals surface area (Å²) < 4.78 is 2.64. The van der Waals surface area contributed by atoms with E-state index in [1.165, 1.54) is 20.2 Å². The SMILES string of the molecule is Cc1nc(-c2ccc3sc4ccccc4c3c2)c2ccccc2n1. The highest BCUT2D eigenvalue weighted by atomic mass is 32.1. The standard InChI is InChI=1S/C21H14N2S/c1-13-22-18-8-4-2-7-16(18)21(23-13)14-10-11-20-17(12-14)15-6-3-5-9-19(15)24-20/h2-12H,1H3. The number of benzene rings is 3. The number of thiophene rings is 1. The summed E-state index contributed by atoms with van der Waals surface area (Å²) in [6.45, 7) is 1.95. The van der Waals surface area contributed by atoms with Gasteiger partial charge in [-0.2, -0.15) is 0 Å². The fourth-order valence-electron chi connectivity index (χ4n) is 3.29. The molecule has 0 spiro atoms. The summed E-state index contributed by atoms with van der Waals surface area (Å²) in [5, 5.41) is 3.71. The van der Waals surface area contributed by atoms with Gasteiger partial charge in [-0.1, -0.05) is 42.5 Å². The first-order chi connectivity index (χ1) is 11.8. The summed E-state index contributed by atoms with van der Waals surface area (Å²) in [6.07, 6.45) is 0. The van der Waals surface area contributed by atoms with Gasteiger partial charge in [0.15, 0.2) is 0 Å². The molecule has 5 aromatic rings. The second-order valence-electron chi connectivity index (χ2n) is 5.95. The minimum atomic E-state index is 0.805. The van der Waals surface area contributed by atoms with Crippen LogP contribution in [0, 0.1) is 6.92 Å². The number of para-hydroxylation sites is 1. The van der Waals surface area contributed by atoms with Gasteiger partial charge < -0.3 is 0 Å². The molecule has 2 aromatic heterocycles. The van der Waals surface area contributed by atoms with E-state index < -0.39 is 0 Å². The Morgan fingerprint density at radius 3 is 2.38 bits per heavy atom. The van der Waals surface area contributed by atoms with Crippen LogP contribution < -0.4 is 0 Å². The second-order valence-corrected chi connectivity index (χ2v) is 7.03. The molecule has 0 N–H and O–H groups in total. The molecule has 0 bridgehead atoms. The van der Waals surface area contributed by atoms with Crippen LogP contribution in [-0.4, -0.2) is 9.97 Å². The molecule has 0 radical (unpaired) electrons. The minimum absolute atomic E-state index is 0.805. The zero-order chi connectivity index (χ0) is 16.1. The Morgan fingerprint density at radius 1 is 0.708 bits per heavy atom. The second kappa shape index (κ2) is 5.11. The first-order valence-electron chi connectivity index (χ1n) is 7.95. The summed E-state index contributed by atoms with van der Waals surface area (Å²) in [4.78, 5) is 9.29. The van der Waals surface area contributed by atoms with Crippen LogP contribution in [0.2, 0.25) is 0 Å². The van der Waals surface area contributed by atoms with Crippen LogP contribution >= 0.6 is 11.3 Å². The van der Waals surface area contributed by atoms with Gasteiger partial charge in [0.1, 0.15) is 5.82 Å². The molecule has 0 atom stereocenters. The van der Waals surface area contributed by atoms with Crippen LogP contribution in [0.25, 0.3) is 42.3 Å². The molecule has 0 fully saturated rings. The molecule has 0 aliphatic heterocycles. The zero-order valence-electron chi connectivity index (χ0n) is 13.2. The van der Waals surface area contributed by atoms with Gasteiger partial charge in [0.05, 0.1) is 11.2 Å². The Hall–Kier alpha value is -2.78. The molecule has 0 aliphatic rings. The number of rotatable bonds is 1. The van der Waals surface area contributed by atoms with Gasteiger partial charge in [-0.3, -0.25) is 0 Å². The summed E-state index contributed by atoms with van der Waals surface area (Å²) >= 11 is 1.84. The Morgan fingerprint density at radius 2 is 1.46 bits per heavy atom. The first kappa shape index (κ1) is 13.6. The number of nitrogens with zero attached hydrogens (tertiary/aromatic N) is 2. The number of aryl methyl sites for hydroxylation is 1.